The molecular formula is C13H25NO2. The van der Waals surface area contributed by atoms with Crippen molar-refractivity contribution in [2.45, 2.75) is 51.6 Å². The highest BCUT2D eigenvalue weighted by molar-refractivity contribution is 5.81. The average Bonchev–Trinajstić information content (AvgIpc) is 2.29. The van der Waals surface area contributed by atoms with Gasteiger partial charge in [-0.2, -0.15) is 0 Å². The van der Waals surface area contributed by atoms with Crippen LogP contribution in [0, 0.1) is 5.92 Å². The molecule has 0 aromatic heterocycles. The molecular weight excluding hydrogens is 202 g/mol. The van der Waals surface area contributed by atoms with Crippen molar-refractivity contribution in [3.63, 3.8) is 0 Å². The number of rotatable bonds is 4. The topological polar surface area (TPSA) is 40.5 Å². The molecule has 0 spiro atoms. The SMILES string of the molecule is CN(CC1CCCCCC1=O)CC(C)(C)O. The van der Waals surface area contributed by atoms with Crippen LogP contribution in [0.3, 0.4) is 0 Å². The molecule has 1 atom stereocenters. The average molecular weight is 227 g/mol. The molecule has 0 amide bonds. The normalized spacial score (nSPS) is 23.6. The number of carbonyl (C=O) groups excluding carboxylic acids is 1. The minimum absolute atomic E-state index is 0.190. The van der Waals surface area contributed by atoms with Crippen molar-refractivity contribution >= 4 is 5.78 Å². The Morgan fingerprint density at radius 3 is 2.69 bits per heavy atom. The third kappa shape index (κ3) is 5.08. The second-order valence-electron chi connectivity index (χ2n) is 5.77. The number of likely N-dealkylation sites (N-methyl/N-ethyl adjacent to an activating group) is 1. The van der Waals surface area contributed by atoms with Crippen LogP contribution < -0.4 is 0 Å². The van der Waals surface area contributed by atoms with Crippen LogP contribution in [0.4, 0.5) is 0 Å². The Kier molecular flexibility index (Phi) is 4.93. The van der Waals surface area contributed by atoms with E-state index in [0.29, 0.717) is 12.3 Å². The lowest BCUT2D eigenvalue weighted by Crippen LogP contribution is -2.39. The van der Waals surface area contributed by atoms with Gasteiger partial charge in [-0.25, -0.2) is 0 Å². The highest BCUT2D eigenvalue weighted by Gasteiger charge is 2.24. The van der Waals surface area contributed by atoms with Crippen molar-refractivity contribution in [3.05, 3.63) is 0 Å². The predicted molar refractivity (Wildman–Crippen MR) is 65.4 cm³/mol. The summed E-state index contributed by atoms with van der Waals surface area (Å²) in [4.78, 5) is 13.9. The first-order valence-electron chi connectivity index (χ1n) is 6.32. The van der Waals surface area contributed by atoms with Crippen molar-refractivity contribution in [1.82, 2.24) is 4.90 Å². The Bertz CT molecular complexity index is 233. The van der Waals surface area contributed by atoms with Crippen LogP contribution in [0.5, 0.6) is 0 Å². The molecule has 0 heterocycles. The third-order valence-electron chi connectivity index (χ3n) is 3.12. The fourth-order valence-corrected chi connectivity index (χ4v) is 2.53. The van der Waals surface area contributed by atoms with Crippen molar-refractivity contribution in [1.29, 1.82) is 0 Å². The number of ketones is 1. The van der Waals surface area contributed by atoms with E-state index in [1.165, 1.54) is 12.8 Å². The standard InChI is InChI=1S/C13H25NO2/c1-13(2,16)10-14(3)9-11-7-5-4-6-8-12(11)15/h11,16H,4-10H2,1-3H3. The van der Waals surface area contributed by atoms with Crippen LogP contribution >= 0.6 is 0 Å². The van der Waals surface area contributed by atoms with E-state index < -0.39 is 5.60 Å². The summed E-state index contributed by atoms with van der Waals surface area (Å²) in [5.41, 5.74) is -0.678. The largest absolute Gasteiger partial charge is 0.389 e. The summed E-state index contributed by atoms with van der Waals surface area (Å²) in [6.45, 7) is 5.02. The summed E-state index contributed by atoms with van der Waals surface area (Å²) in [5.74, 6) is 0.606. The fourth-order valence-electron chi connectivity index (χ4n) is 2.53. The fraction of sp³-hybridized carbons (Fsp3) is 0.923. The molecule has 16 heavy (non-hydrogen) atoms. The molecule has 1 aliphatic rings. The molecule has 1 saturated carbocycles. The van der Waals surface area contributed by atoms with E-state index in [1.54, 1.807) is 13.8 Å². The zero-order valence-corrected chi connectivity index (χ0v) is 10.8. The summed E-state index contributed by atoms with van der Waals surface area (Å²) in [5, 5.41) is 9.71. The molecule has 1 rings (SSSR count). The van der Waals surface area contributed by atoms with E-state index in [4.69, 9.17) is 0 Å². The molecule has 1 aliphatic carbocycles. The van der Waals surface area contributed by atoms with E-state index in [9.17, 15) is 9.90 Å². The van der Waals surface area contributed by atoms with Gasteiger partial charge in [0.05, 0.1) is 5.60 Å². The van der Waals surface area contributed by atoms with Gasteiger partial charge in [0.1, 0.15) is 5.78 Å². The maximum atomic E-state index is 11.8. The monoisotopic (exact) mass is 227 g/mol. The zero-order chi connectivity index (χ0) is 12.2. The first-order chi connectivity index (χ1) is 7.38. The number of Topliss-reactive ketones (excluding diaryl/α,β-unsaturated/α-hetero) is 1. The molecule has 1 fully saturated rings. The van der Waals surface area contributed by atoms with Crippen LogP contribution in [0.25, 0.3) is 0 Å². The van der Waals surface area contributed by atoms with Gasteiger partial charge in [-0.15, -0.1) is 0 Å². The van der Waals surface area contributed by atoms with Crippen molar-refractivity contribution in [2.24, 2.45) is 5.92 Å². The Morgan fingerprint density at radius 2 is 2.06 bits per heavy atom. The van der Waals surface area contributed by atoms with Crippen LogP contribution in [-0.4, -0.2) is 41.5 Å². The number of hydrogen-bond acceptors (Lipinski definition) is 3. The minimum Gasteiger partial charge on any atom is -0.389 e. The lowest BCUT2D eigenvalue weighted by molar-refractivity contribution is -0.123. The summed E-state index contributed by atoms with van der Waals surface area (Å²) in [6, 6.07) is 0. The van der Waals surface area contributed by atoms with Crippen molar-refractivity contribution < 1.29 is 9.90 Å². The third-order valence-corrected chi connectivity index (χ3v) is 3.12. The maximum absolute atomic E-state index is 11.8. The van der Waals surface area contributed by atoms with Crippen LogP contribution in [0.15, 0.2) is 0 Å². The van der Waals surface area contributed by atoms with Crippen LogP contribution in [-0.2, 0) is 4.79 Å². The molecule has 1 N–H and O–H groups in total. The van der Waals surface area contributed by atoms with E-state index in [-0.39, 0.29) is 5.92 Å². The Balaban J connectivity index is 2.42. The molecule has 94 valence electrons. The summed E-state index contributed by atoms with van der Waals surface area (Å²) in [7, 11) is 1.98. The van der Waals surface area contributed by atoms with Gasteiger partial charge < -0.3 is 10.0 Å². The van der Waals surface area contributed by atoms with Gasteiger partial charge >= 0.3 is 0 Å². The summed E-state index contributed by atoms with van der Waals surface area (Å²) < 4.78 is 0. The number of hydrogen-bond donors (Lipinski definition) is 1. The Hall–Kier alpha value is -0.410. The quantitative estimate of drug-likeness (QED) is 0.745. The van der Waals surface area contributed by atoms with Crippen LogP contribution in [0.1, 0.15) is 46.0 Å². The predicted octanol–water partition coefficient (Wildman–Crippen LogP) is 1.84. The summed E-state index contributed by atoms with van der Waals surface area (Å²) in [6.07, 6.45) is 5.20. The molecule has 0 saturated heterocycles. The molecule has 3 heteroatoms. The lowest BCUT2D eigenvalue weighted by atomic mass is 9.98. The second-order valence-corrected chi connectivity index (χ2v) is 5.77. The molecule has 0 radical (unpaired) electrons. The minimum atomic E-state index is -0.678. The van der Waals surface area contributed by atoms with Crippen LogP contribution in [0.2, 0.25) is 0 Å². The number of aliphatic hydroxyl groups is 1. The zero-order valence-electron chi connectivity index (χ0n) is 10.8. The van der Waals surface area contributed by atoms with Crippen molar-refractivity contribution in [2.75, 3.05) is 20.1 Å². The van der Waals surface area contributed by atoms with Gasteiger partial charge in [0.15, 0.2) is 0 Å². The van der Waals surface area contributed by atoms with Gasteiger partial charge in [0.2, 0.25) is 0 Å². The molecule has 0 aromatic rings. The van der Waals surface area contributed by atoms with Gasteiger partial charge in [-0.3, -0.25) is 4.79 Å². The lowest BCUT2D eigenvalue weighted by Gasteiger charge is -2.28. The highest BCUT2D eigenvalue weighted by Crippen LogP contribution is 2.21. The molecule has 0 bridgehead atoms. The number of nitrogens with zero attached hydrogens (tertiary/aromatic N) is 1. The van der Waals surface area contributed by atoms with E-state index in [0.717, 1.165) is 25.8 Å². The Labute approximate surface area is 98.8 Å². The number of carbonyl (C=O) groups is 1. The summed E-state index contributed by atoms with van der Waals surface area (Å²) >= 11 is 0. The smallest absolute Gasteiger partial charge is 0.137 e. The molecule has 1 unspecified atom stereocenters. The van der Waals surface area contributed by atoms with Gasteiger partial charge in [0.25, 0.3) is 0 Å². The second kappa shape index (κ2) is 5.78. The molecule has 3 nitrogen and oxygen atoms in total. The molecule has 0 aliphatic heterocycles. The maximum Gasteiger partial charge on any atom is 0.137 e. The van der Waals surface area contributed by atoms with E-state index >= 15 is 0 Å². The van der Waals surface area contributed by atoms with E-state index in [2.05, 4.69) is 4.90 Å². The van der Waals surface area contributed by atoms with Gasteiger partial charge in [0, 0.05) is 25.4 Å². The van der Waals surface area contributed by atoms with Gasteiger partial charge in [-0.05, 0) is 33.7 Å². The van der Waals surface area contributed by atoms with Crippen molar-refractivity contribution in [3.8, 4) is 0 Å². The first kappa shape index (κ1) is 13.7. The first-order valence-corrected chi connectivity index (χ1v) is 6.32. The van der Waals surface area contributed by atoms with Gasteiger partial charge in [-0.1, -0.05) is 12.8 Å². The molecule has 0 aromatic carbocycles. The Morgan fingerprint density at radius 1 is 1.38 bits per heavy atom. The van der Waals surface area contributed by atoms with E-state index in [1.807, 2.05) is 7.05 Å². The highest BCUT2D eigenvalue weighted by atomic mass is 16.3.